The minimum atomic E-state index is -0.420. The maximum absolute atomic E-state index is 12.4. The lowest BCUT2D eigenvalue weighted by Gasteiger charge is -2.15. The van der Waals surface area contributed by atoms with Crippen molar-refractivity contribution in [3.05, 3.63) is 65.0 Å². The predicted molar refractivity (Wildman–Crippen MR) is 101 cm³/mol. The molecule has 0 aliphatic heterocycles. The lowest BCUT2D eigenvalue weighted by Crippen LogP contribution is -2.22. The van der Waals surface area contributed by atoms with Crippen LogP contribution in [-0.2, 0) is 14.2 Å². The van der Waals surface area contributed by atoms with Gasteiger partial charge >= 0.3 is 0 Å². The van der Waals surface area contributed by atoms with Crippen LogP contribution in [0.2, 0.25) is 0 Å². The first-order valence-electron chi connectivity index (χ1n) is 8.11. The van der Waals surface area contributed by atoms with Gasteiger partial charge in [-0.3, -0.25) is 4.79 Å². The van der Waals surface area contributed by atoms with Crippen molar-refractivity contribution in [2.45, 2.75) is 13.3 Å². The molecule has 0 spiro atoms. The van der Waals surface area contributed by atoms with E-state index in [4.69, 9.17) is 24.2 Å². The quantitative estimate of drug-likeness (QED) is 0.529. The van der Waals surface area contributed by atoms with E-state index in [0.717, 1.165) is 0 Å². The SMILES string of the molecule is C=C(/C=C(OC)\C(OC)=C(/CC)OC)NC(=O)c1ccc(OC)c(C#N)c1. The molecule has 0 aromatic heterocycles. The number of rotatable bonds is 9. The number of hydrogen-bond acceptors (Lipinski definition) is 6. The van der Waals surface area contributed by atoms with Crippen LogP contribution in [0.5, 0.6) is 5.75 Å². The molecule has 0 heterocycles. The van der Waals surface area contributed by atoms with Crippen molar-refractivity contribution in [2.24, 2.45) is 0 Å². The highest BCUT2D eigenvalue weighted by molar-refractivity contribution is 5.96. The highest BCUT2D eigenvalue weighted by Crippen LogP contribution is 2.21. The van der Waals surface area contributed by atoms with Gasteiger partial charge in [-0.2, -0.15) is 5.26 Å². The Kier molecular flexibility index (Phi) is 8.46. The Balaban J connectivity index is 3.06. The summed E-state index contributed by atoms with van der Waals surface area (Å²) >= 11 is 0. The van der Waals surface area contributed by atoms with E-state index >= 15 is 0 Å². The molecule has 0 aliphatic rings. The Labute approximate surface area is 159 Å². The largest absolute Gasteiger partial charge is 0.497 e. The summed E-state index contributed by atoms with van der Waals surface area (Å²) in [5, 5.41) is 11.8. The molecule has 0 saturated carbocycles. The molecule has 144 valence electrons. The molecule has 7 nitrogen and oxygen atoms in total. The molecule has 0 radical (unpaired) electrons. The van der Waals surface area contributed by atoms with Gasteiger partial charge in [0.15, 0.2) is 11.5 Å². The summed E-state index contributed by atoms with van der Waals surface area (Å²) in [5.41, 5.74) is 0.850. The molecule has 0 aliphatic carbocycles. The number of amides is 1. The maximum Gasteiger partial charge on any atom is 0.255 e. The molecule has 0 saturated heterocycles. The lowest BCUT2D eigenvalue weighted by atomic mass is 10.1. The first-order valence-corrected chi connectivity index (χ1v) is 8.11. The summed E-state index contributed by atoms with van der Waals surface area (Å²) in [7, 11) is 5.98. The fourth-order valence-corrected chi connectivity index (χ4v) is 2.32. The first-order chi connectivity index (χ1) is 12.9. The van der Waals surface area contributed by atoms with E-state index < -0.39 is 5.91 Å². The van der Waals surface area contributed by atoms with Gasteiger partial charge in [0.2, 0.25) is 0 Å². The van der Waals surface area contributed by atoms with Gasteiger partial charge < -0.3 is 24.3 Å². The Morgan fingerprint density at radius 2 is 1.93 bits per heavy atom. The third-order valence-corrected chi connectivity index (χ3v) is 3.63. The fraction of sp³-hybridized carbons (Fsp3) is 0.300. The number of allylic oxidation sites excluding steroid dienone is 2. The second-order valence-electron chi connectivity index (χ2n) is 5.23. The molecule has 1 aromatic carbocycles. The molecule has 27 heavy (non-hydrogen) atoms. The van der Waals surface area contributed by atoms with Crippen LogP contribution < -0.4 is 10.1 Å². The summed E-state index contributed by atoms with van der Waals surface area (Å²) in [5.74, 6) is 1.34. The van der Waals surface area contributed by atoms with Gasteiger partial charge in [0, 0.05) is 23.8 Å². The normalized spacial score (nSPS) is 11.6. The van der Waals surface area contributed by atoms with Crippen LogP contribution in [0.1, 0.15) is 29.3 Å². The molecule has 1 rings (SSSR count). The monoisotopic (exact) mass is 372 g/mol. The predicted octanol–water partition coefficient (Wildman–Crippen LogP) is 3.26. The minimum absolute atomic E-state index is 0.265. The Hall–Kier alpha value is -3.40. The topological polar surface area (TPSA) is 89.8 Å². The highest BCUT2D eigenvalue weighted by Gasteiger charge is 2.15. The zero-order valence-electron chi connectivity index (χ0n) is 16.2. The van der Waals surface area contributed by atoms with Gasteiger partial charge in [0.1, 0.15) is 17.6 Å². The highest BCUT2D eigenvalue weighted by atomic mass is 16.5. The van der Waals surface area contributed by atoms with Crippen LogP contribution in [0.25, 0.3) is 0 Å². The number of ether oxygens (including phenoxy) is 4. The molecule has 0 fully saturated rings. The Morgan fingerprint density at radius 1 is 1.22 bits per heavy atom. The molecule has 7 heteroatoms. The molecule has 1 aromatic rings. The van der Waals surface area contributed by atoms with E-state index in [-0.39, 0.29) is 11.3 Å². The number of nitriles is 1. The van der Waals surface area contributed by atoms with Crippen molar-refractivity contribution in [1.82, 2.24) is 5.32 Å². The van der Waals surface area contributed by atoms with Gasteiger partial charge in [-0.05, 0) is 18.2 Å². The van der Waals surface area contributed by atoms with Crippen LogP contribution in [0.4, 0.5) is 0 Å². The van der Waals surface area contributed by atoms with Gasteiger partial charge in [0.05, 0.1) is 34.0 Å². The van der Waals surface area contributed by atoms with Crippen molar-refractivity contribution in [2.75, 3.05) is 28.4 Å². The van der Waals surface area contributed by atoms with E-state index in [9.17, 15) is 4.79 Å². The summed E-state index contributed by atoms with van der Waals surface area (Å²) in [6, 6.07) is 6.56. The van der Waals surface area contributed by atoms with Crippen LogP contribution in [-0.4, -0.2) is 34.3 Å². The van der Waals surface area contributed by atoms with E-state index in [2.05, 4.69) is 11.9 Å². The number of carbonyl (C=O) groups excluding carboxylic acids is 1. The molecular formula is C20H24N2O5. The van der Waals surface area contributed by atoms with Crippen molar-refractivity contribution in [3.63, 3.8) is 0 Å². The van der Waals surface area contributed by atoms with Crippen LogP contribution in [0.15, 0.2) is 53.8 Å². The molecule has 0 bridgehead atoms. The van der Waals surface area contributed by atoms with Crippen LogP contribution in [0, 0.1) is 11.3 Å². The van der Waals surface area contributed by atoms with Gasteiger partial charge in [0.25, 0.3) is 5.91 Å². The van der Waals surface area contributed by atoms with Crippen LogP contribution >= 0.6 is 0 Å². The summed E-state index contributed by atoms with van der Waals surface area (Å²) in [4.78, 5) is 12.4. The zero-order chi connectivity index (χ0) is 20.4. The molecule has 1 amide bonds. The van der Waals surface area contributed by atoms with E-state index in [0.29, 0.717) is 35.0 Å². The molecule has 0 unspecified atom stereocenters. The molecule has 1 N–H and O–H groups in total. The minimum Gasteiger partial charge on any atom is -0.497 e. The Bertz CT molecular complexity index is 797. The molecular weight excluding hydrogens is 348 g/mol. The second-order valence-corrected chi connectivity index (χ2v) is 5.23. The van der Waals surface area contributed by atoms with E-state index in [1.807, 2.05) is 13.0 Å². The number of hydrogen-bond donors (Lipinski definition) is 1. The van der Waals surface area contributed by atoms with Gasteiger partial charge in [-0.15, -0.1) is 0 Å². The van der Waals surface area contributed by atoms with Crippen molar-refractivity contribution in [3.8, 4) is 11.8 Å². The third kappa shape index (κ3) is 5.54. The van der Waals surface area contributed by atoms with Crippen molar-refractivity contribution in [1.29, 1.82) is 5.26 Å². The van der Waals surface area contributed by atoms with E-state index in [1.54, 1.807) is 12.1 Å². The lowest BCUT2D eigenvalue weighted by molar-refractivity contribution is 0.0967. The van der Waals surface area contributed by atoms with Gasteiger partial charge in [-0.25, -0.2) is 0 Å². The average Bonchev–Trinajstić information content (AvgIpc) is 2.69. The number of nitrogens with zero attached hydrogens (tertiary/aromatic N) is 1. The first kappa shape index (κ1) is 21.6. The van der Waals surface area contributed by atoms with Crippen molar-refractivity contribution >= 4 is 5.91 Å². The summed E-state index contributed by atoms with van der Waals surface area (Å²) in [6.07, 6.45) is 2.13. The molecule has 0 atom stereocenters. The fourth-order valence-electron chi connectivity index (χ4n) is 2.32. The van der Waals surface area contributed by atoms with Gasteiger partial charge in [-0.1, -0.05) is 13.5 Å². The Morgan fingerprint density at radius 3 is 2.41 bits per heavy atom. The smallest absolute Gasteiger partial charge is 0.255 e. The van der Waals surface area contributed by atoms with Crippen LogP contribution in [0.3, 0.4) is 0 Å². The standard InChI is InChI=1S/C20H24N2O5/c1-7-16(24-3)19(27-6)18(26-5)10-13(2)22-20(23)14-8-9-17(25-4)15(11-14)12-21/h8-11H,2,7H2,1,3-6H3,(H,22,23)/b18-10+,19-16-. The number of methoxy groups -OCH3 is 4. The third-order valence-electron chi connectivity index (χ3n) is 3.63. The van der Waals surface area contributed by atoms with E-state index in [1.165, 1.54) is 40.6 Å². The summed E-state index contributed by atoms with van der Waals surface area (Å²) < 4.78 is 21.1. The van der Waals surface area contributed by atoms with Crippen molar-refractivity contribution < 1.29 is 23.7 Å². The second kappa shape index (κ2) is 10.6. The number of carbonyl (C=O) groups is 1. The zero-order valence-corrected chi connectivity index (χ0v) is 16.2. The summed E-state index contributed by atoms with van der Waals surface area (Å²) in [6.45, 7) is 5.73. The number of benzene rings is 1. The average molecular weight is 372 g/mol. The number of nitrogens with one attached hydrogen (secondary N) is 1. The maximum atomic E-state index is 12.4.